The summed E-state index contributed by atoms with van der Waals surface area (Å²) in [6.07, 6.45) is 2.31. The third kappa shape index (κ3) is 4.80. The number of allylic oxidation sites excluding steroid dienone is 4. The molecule has 0 N–H and O–H groups in total. The molecule has 0 spiro atoms. The number of pyridine rings is 1. The topological polar surface area (TPSA) is 51.1 Å². The second-order valence-corrected chi connectivity index (χ2v) is 7.35. The van der Waals surface area contributed by atoms with Crippen molar-refractivity contribution < 1.29 is 17.9 Å². The molecule has 0 amide bonds. The van der Waals surface area contributed by atoms with Crippen LogP contribution in [0.5, 0.6) is 0 Å². The normalized spacial score (nSPS) is 15.2. The summed E-state index contributed by atoms with van der Waals surface area (Å²) < 4.78 is 41.4. The second kappa shape index (κ2) is 8.82. The summed E-state index contributed by atoms with van der Waals surface area (Å²) in [5, 5.41) is 1.09. The summed E-state index contributed by atoms with van der Waals surface area (Å²) in [4.78, 5) is 15.7. The quantitative estimate of drug-likeness (QED) is 0.368. The van der Waals surface area contributed by atoms with Crippen molar-refractivity contribution in [2.75, 3.05) is 18.0 Å². The van der Waals surface area contributed by atoms with Crippen LogP contribution in [0.4, 0.5) is 19.0 Å². The zero-order chi connectivity index (χ0) is 22.7. The average Bonchev–Trinajstić information content (AvgIpc) is 2.75. The summed E-state index contributed by atoms with van der Waals surface area (Å²) in [5.41, 5.74) is 2.72. The van der Waals surface area contributed by atoms with Gasteiger partial charge in [-0.1, -0.05) is 24.8 Å². The minimum Gasteiger partial charge on any atom is -0.406 e. The number of anilines is 1. The molecule has 1 aliphatic heterocycles. The van der Waals surface area contributed by atoms with Crippen molar-refractivity contribution in [1.29, 1.82) is 0 Å². The van der Waals surface area contributed by atoms with Gasteiger partial charge in [0.05, 0.1) is 16.9 Å². The molecule has 1 fully saturated rings. The molecule has 3 aromatic rings. The van der Waals surface area contributed by atoms with Gasteiger partial charge in [0, 0.05) is 36.8 Å². The number of aromatic nitrogens is 3. The molecule has 164 valence electrons. The molecule has 1 saturated heterocycles. The molecule has 4 rings (SSSR count). The van der Waals surface area contributed by atoms with Crippen LogP contribution in [0.3, 0.4) is 0 Å². The maximum atomic E-state index is 12.5. The number of alkyl halides is 3. The number of fused-ring (bicyclic) bond motifs is 1. The molecule has 1 aliphatic rings. The maximum absolute atomic E-state index is 12.5. The van der Waals surface area contributed by atoms with Crippen molar-refractivity contribution in [3.05, 3.63) is 90.7 Å². The van der Waals surface area contributed by atoms with Crippen molar-refractivity contribution in [3.8, 4) is 0 Å². The lowest BCUT2D eigenvalue weighted by molar-refractivity contribution is -0.303. The standard InChI is InChI=1S/C24H21F3N4O/c1-3-19(32-24(25,26)27)10-8-16(2)22-23(29-13-12-28-22)18-14-31(15-18)21-11-9-17-6-4-5-7-20(17)30-21/h3-13,18H,2,14-15H2,1H3/b10-8-,19-3+. The summed E-state index contributed by atoms with van der Waals surface area (Å²) in [5.74, 6) is 0.692. The molecule has 3 heterocycles. The Labute approximate surface area is 183 Å². The smallest absolute Gasteiger partial charge is 0.406 e. The van der Waals surface area contributed by atoms with Gasteiger partial charge in [-0.25, -0.2) is 4.98 Å². The van der Waals surface area contributed by atoms with Crippen LogP contribution < -0.4 is 4.90 Å². The predicted molar refractivity (Wildman–Crippen MR) is 118 cm³/mol. The zero-order valence-electron chi connectivity index (χ0n) is 17.4. The number of hydrogen-bond acceptors (Lipinski definition) is 5. The number of halogens is 3. The number of para-hydroxylation sites is 1. The van der Waals surface area contributed by atoms with Crippen LogP contribution in [0.25, 0.3) is 16.5 Å². The van der Waals surface area contributed by atoms with E-state index < -0.39 is 6.36 Å². The third-order valence-electron chi connectivity index (χ3n) is 5.17. The Bertz CT molecular complexity index is 1200. The minimum atomic E-state index is -4.75. The number of rotatable bonds is 6. The van der Waals surface area contributed by atoms with E-state index in [9.17, 15) is 13.2 Å². The van der Waals surface area contributed by atoms with Crippen LogP contribution >= 0.6 is 0 Å². The first-order valence-electron chi connectivity index (χ1n) is 10.0. The van der Waals surface area contributed by atoms with Gasteiger partial charge in [-0.15, -0.1) is 13.2 Å². The molecule has 0 saturated carbocycles. The Morgan fingerprint density at radius 1 is 1.09 bits per heavy atom. The Morgan fingerprint density at radius 3 is 2.59 bits per heavy atom. The first-order chi connectivity index (χ1) is 15.3. The monoisotopic (exact) mass is 438 g/mol. The molecule has 1 aromatic carbocycles. The molecule has 2 aromatic heterocycles. The Hall–Kier alpha value is -3.68. The van der Waals surface area contributed by atoms with Gasteiger partial charge in [0.15, 0.2) is 0 Å². The summed E-state index contributed by atoms with van der Waals surface area (Å²) >= 11 is 0. The third-order valence-corrected chi connectivity index (χ3v) is 5.17. The van der Waals surface area contributed by atoms with E-state index in [0.717, 1.165) is 22.4 Å². The summed E-state index contributed by atoms with van der Waals surface area (Å²) in [6.45, 7) is 6.85. The number of ether oxygens (including phenoxy) is 1. The van der Waals surface area contributed by atoms with E-state index in [4.69, 9.17) is 4.98 Å². The molecule has 0 atom stereocenters. The van der Waals surface area contributed by atoms with E-state index in [1.165, 1.54) is 25.2 Å². The average molecular weight is 438 g/mol. The lowest BCUT2D eigenvalue weighted by atomic mass is 9.92. The lowest BCUT2D eigenvalue weighted by Gasteiger charge is -2.40. The van der Waals surface area contributed by atoms with Gasteiger partial charge in [-0.2, -0.15) is 0 Å². The minimum absolute atomic E-state index is 0.115. The van der Waals surface area contributed by atoms with E-state index in [1.54, 1.807) is 12.4 Å². The highest BCUT2D eigenvalue weighted by Crippen LogP contribution is 2.33. The Balaban J connectivity index is 1.47. The summed E-state index contributed by atoms with van der Waals surface area (Å²) in [6, 6.07) is 12.0. The van der Waals surface area contributed by atoms with Crippen LogP contribution in [-0.4, -0.2) is 34.4 Å². The van der Waals surface area contributed by atoms with Crippen molar-refractivity contribution in [2.24, 2.45) is 0 Å². The van der Waals surface area contributed by atoms with Crippen LogP contribution in [0.1, 0.15) is 24.2 Å². The molecule has 32 heavy (non-hydrogen) atoms. The van der Waals surface area contributed by atoms with Crippen LogP contribution in [0, 0.1) is 0 Å². The van der Waals surface area contributed by atoms with E-state index in [0.29, 0.717) is 24.4 Å². The number of benzene rings is 1. The van der Waals surface area contributed by atoms with Gasteiger partial charge in [-0.05, 0) is 48.9 Å². The first-order valence-corrected chi connectivity index (χ1v) is 10.0. The zero-order valence-corrected chi connectivity index (χ0v) is 17.4. The van der Waals surface area contributed by atoms with Crippen molar-refractivity contribution in [1.82, 2.24) is 15.0 Å². The van der Waals surface area contributed by atoms with Gasteiger partial charge >= 0.3 is 6.36 Å². The molecular formula is C24H21F3N4O. The largest absolute Gasteiger partial charge is 0.573 e. The SMILES string of the molecule is C=C(/C=C\C(=C/C)OC(F)(F)F)c1nccnc1C1CN(c2ccc3ccccc3n2)C1. The van der Waals surface area contributed by atoms with Gasteiger partial charge < -0.3 is 9.64 Å². The van der Waals surface area contributed by atoms with Crippen LogP contribution in [-0.2, 0) is 4.74 Å². The number of nitrogens with zero attached hydrogens (tertiary/aromatic N) is 4. The highest BCUT2D eigenvalue weighted by molar-refractivity contribution is 5.80. The fraction of sp³-hybridized carbons (Fsp3) is 0.208. The van der Waals surface area contributed by atoms with E-state index in [-0.39, 0.29) is 11.7 Å². The van der Waals surface area contributed by atoms with Crippen molar-refractivity contribution in [2.45, 2.75) is 19.2 Å². The molecule has 0 aliphatic carbocycles. The van der Waals surface area contributed by atoms with Gasteiger partial charge in [0.25, 0.3) is 0 Å². The van der Waals surface area contributed by atoms with Crippen molar-refractivity contribution >= 4 is 22.3 Å². The maximum Gasteiger partial charge on any atom is 0.573 e. The highest BCUT2D eigenvalue weighted by Gasteiger charge is 2.33. The van der Waals surface area contributed by atoms with Gasteiger partial charge in [0.2, 0.25) is 0 Å². The number of hydrogen-bond donors (Lipinski definition) is 0. The highest BCUT2D eigenvalue weighted by atomic mass is 19.4. The first kappa shape index (κ1) is 21.5. The molecular weight excluding hydrogens is 417 g/mol. The van der Waals surface area contributed by atoms with Crippen LogP contribution in [0.15, 0.2) is 79.4 Å². The molecule has 0 unspecified atom stereocenters. The van der Waals surface area contributed by atoms with Crippen LogP contribution in [0.2, 0.25) is 0 Å². The predicted octanol–water partition coefficient (Wildman–Crippen LogP) is 5.64. The molecule has 8 heteroatoms. The van der Waals surface area contributed by atoms with E-state index in [1.807, 2.05) is 36.4 Å². The van der Waals surface area contributed by atoms with Crippen molar-refractivity contribution in [3.63, 3.8) is 0 Å². The van der Waals surface area contributed by atoms with Gasteiger partial charge in [-0.3, -0.25) is 9.97 Å². The van der Waals surface area contributed by atoms with E-state index >= 15 is 0 Å². The Kier molecular flexibility index (Phi) is 5.94. The second-order valence-electron chi connectivity index (χ2n) is 7.35. The lowest BCUT2D eigenvalue weighted by Crippen LogP contribution is -2.46. The van der Waals surface area contributed by atoms with E-state index in [2.05, 4.69) is 26.2 Å². The fourth-order valence-electron chi connectivity index (χ4n) is 3.55. The van der Waals surface area contributed by atoms with Gasteiger partial charge in [0.1, 0.15) is 11.6 Å². The molecule has 0 radical (unpaired) electrons. The summed E-state index contributed by atoms with van der Waals surface area (Å²) in [7, 11) is 0. The molecule has 0 bridgehead atoms. The molecule has 5 nitrogen and oxygen atoms in total. The Morgan fingerprint density at radius 2 is 1.84 bits per heavy atom. The fourth-order valence-corrected chi connectivity index (χ4v) is 3.55.